The Bertz CT molecular complexity index is 705. The lowest BCUT2D eigenvalue weighted by atomic mass is 10.1. The molecule has 122 valence electrons. The van der Waals surface area contributed by atoms with Gasteiger partial charge in [-0.3, -0.25) is 14.9 Å². The Hall–Kier alpha value is -2.00. The lowest BCUT2D eigenvalue weighted by molar-refractivity contribution is -0.385. The highest BCUT2D eigenvalue weighted by Crippen LogP contribution is 2.24. The maximum absolute atomic E-state index is 12.5. The SMILES string of the molecule is CN(C)C(=O)c1ccc([N+](=O)[O-])cc1S(=O)(=O)NC(C)(C)C. The summed E-state index contributed by atoms with van der Waals surface area (Å²) in [5, 5.41) is 10.9. The summed E-state index contributed by atoms with van der Waals surface area (Å²) in [6.45, 7) is 4.90. The quantitative estimate of drug-likeness (QED) is 0.663. The second-order valence-electron chi connectivity index (χ2n) is 5.99. The second-order valence-corrected chi connectivity index (χ2v) is 7.64. The van der Waals surface area contributed by atoms with E-state index in [1.54, 1.807) is 20.8 Å². The highest BCUT2D eigenvalue weighted by atomic mass is 32.2. The van der Waals surface area contributed by atoms with Gasteiger partial charge in [-0.15, -0.1) is 0 Å². The molecule has 1 rings (SSSR count). The second kappa shape index (κ2) is 6.01. The molecule has 0 aromatic heterocycles. The summed E-state index contributed by atoms with van der Waals surface area (Å²) in [6, 6.07) is 3.15. The first-order valence-electron chi connectivity index (χ1n) is 6.39. The summed E-state index contributed by atoms with van der Waals surface area (Å²) in [6.07, 6.45) is 0. The molecule has 0 atom stereocenters. The lowest BCUT2D eigenvalue weighted by Gasteiger charge is -2.22. The molecule has 1 aromatic carbocycles. The highest BCUT2D eigenvalue weighted by Gasteiger charge is 2.29. The van der Waals surface area contributed by atoms with Crippen molar-refractivity contribution in [2.75, 3.05) is 14.1 Å². The summed E-state index contributed by atoms with van der Waals surface area (Å²) in [7, 11) is -1.15. The van der Waals surface area contributed by atoms with Gasteiger partial charge < -0.3 is 4.90 Å². The molecule has 1 N–H and O–H groups in total. The number of nitro groups is 1. The van der Waals surface area contributed by atoms with Gasteiger partial charge in [0.15, 0.2) is 0 Å². The molecule has 0 aliphatic rings. The summed E-state index contributed by atoms with van der Waals surface area (Å²) < 4.78 is 27.3. The van der Waals surface area contributed by atoms with E-state index < -0.39 is 37.0 Å². The molecule has 0 fully saturated rings. The third kappa shape index (κ3) is 4.25. The topological polar surface area (TPSA) is 110 Å². The average Bonchev–Trinajstić information content (AvgIpc) is 2.34. The van der Waals surface area contributed by atoms with Crippen LogP contribution >= 0.6 is 0 Å². The van der Waals surface area contributed by atoms with Crippen LogP contribution in [0.4, 0.5) is 5.69 Å². The summed E-state index contributed by atoms with van der Waals surface area (Å²) in [5.74, 6) is -0.552. The fourth-order valence-electron chi connectivity index (χ4n) is 1.72. The van der Waals surface area contributed by atoms with Crippen molar-refractivity contribution < 1.29 is 18.1 Å². The van der Waals surface area contributed by atoms with Crippen LogP contribution in [0.15, 0.2) is 23.1 Å². The summed E-state index contributed by atoms with van der Waals surface area (Å²) >= 11 is 0. The zero-order valence-electron chi connectivity index (χ0n) is 13.1. The van der Waals surface area contributed by atoms with Gasteiger partial charge in [0.05, 0.1) is 10.5 Å². The van der Waals surface area contributed by atoms with E-state index in [0.29, 0.717) is 0 Å². The predicted octanol–water partition coefficient (Wildman–Crippen LogP) is 1.37. The van der Waals surface area contributed by atoms with Crippen LogP contribution in [0.2, 0.25) is 0 Å². The van der Waals surface area contributed by atoms with E-state index in [9.17, 15) is 23.3 Å². The Labute approximate surface area is 129 Å². The molecule has 0 saturated carbocycles. The smallest absolute Gasteiger partial charge is 0.270 e. The van der Waals surface area contributed by atoms with E-state index in [0.717, 1.165) is 18.2 Å². The third-order valence-corrected chi connectivity index (χ3v) is 4.34. The fourth-order valence-corrected chi connectivity index (χ4v) is 3.36. The minimum absolute atomic E-state index is 0.118. The Morgan fingerprint density at radius 3 is 2.23 bits per heavy atom. The van der Waals surface area contributed by atoms with E-state index in [1.807, 2.05) is 0 Å². The van der Waals surface area contributed by atoms with E-state index in [4.69, 9.17) is 0 Å². The van der Waals surface area contributed by atoms with Crippen LogP contribution in [0.3, 0.4) is 0 Å². The van der Waals surface area contributed by atoms with Gasteiger partial charge in [-0.25, -0.2) is 13.1 Å². The first kappa shape index (κ1) is 18.1. The number of amides is 1. The summed E-state index contributed by atoms with van der Waals surface area (Å²) in [5.41, 5.74) is -1.31. The molecule has 0 spiro atoms. The molecular formula is C13H19N3O5S. The van der Waals surface area contributed by atoms with Crippen LogP contribution in [0.5, 0.6) is 0 Å². The van der Waals surface area contributed by atoms with Gasteiger partial charge in [0.2, 0.25) is 10.0 Å². The average molecular weight is 329 g/mol. The predicted molar refractivity (Wildman–Crippen MR) is 81.2 cm³/mol. The van der Waals surface area contributed by atoms with Gasteiger partial charge in [-0.05, 0) is 26.8 Å². The van der Waals surface area contributed by atoms with Crippen LogP contribution in [0.25, 0.3) is 0 Å². The molecular weight excluding hydrogens is 310 g/mol. The number of carbonyl (C=O) groups excluding carboxylic acids is 1. The Kier molecular flexibility index (Phi) is 4.93. The van der Waals surface area contributed by atoms with Crippen molar-refractivity contribution in [2.24, 2.45) is 0 Å². The van der Waals surface area contributed by atoms with Gasteiger partial charge >= 0.3 is 0 Å². The number of non-ortho nitro benzene ring substituents is 1. The molecule has 22 heavy (non-hydrogen) atoms. The minimum atomic E-state index is -4.09. The standard InChI is InChI=1S/C13H19N3O5S/c1-13(2,3)14-22(20,21)11-8-9(16(18)19)6-7-10(11)12(17)15(4)5/h6-8,14H,1-5H3. The van der Waals surface area contributed by atoms with E-state index >= 15 is 0 Å². The van der Waals surface area contributed by atoms with Crippen LogP contribution in [0.1, 0.15) is 31.1 Å². The van der Waals surface area contributed by atoms with Crippen molar-refractivity contribution in [3.63, 3.8) is 0 Å². The minimum Gasteiger partial charge on any atom is -0.345 e. The van der Waals surface area contributed by atoms with Gasteiger partial charge in [-0.2, -0.15) is 0 Å². The molecule has 8 nitrogen and oxygen atoms in total. The van der Waals surface area contributed by atoms with Crippen molar-refractivity contribution >= 4 is 21.6 Å². The van der Waals surface area contributed by atoms with Crippen molar-refractivity contribution in [3.8, 4) is 0 Å². The zero-order chi connectivity index (χ0) is 17.3. The zero-order valence-corrected chi connectivity index (χ0v) is 13.9. The molecule has 0 aliphatic carbocycles. The number of hydrogen-bond donors (Lipinski definition) is 1. The lowest BCUT2D eigenvalue weighted by Crippen LogP contribution is -2.41. The van der Waals surface area contributed by atoms with Gasteiger partial charge in [-0.1, -0.05) is 0 Å². The van der Waals surface area contributed by atoms with Crippen molar-refractivity contribution in [3.05, 3.63) is 33.9 Å². The number of carbonyl (C=O) groups is 1. The molecule has 0 radical (unpaired) electrons. The Morgan fingerprint density at radius 2 is 1.82 bits per heavy atom. The van der Waals surface area contributed by atoms with E-state index in [2.05, 4.69) is 4.72 Å². The molecule has 0 unspecified atom stereocenters. The number of rotatable bonds is 4. The molecule has 0 bridgehead atoms. The van der Waals surface area contributed by atoms with Crippen molar-refractivity contribution in [1.82, 2.24) is 9.62 Å². The van der Waals surface area contributed by atoms with Crippen LogP contribution in [-0.2, 0) is 10.0 Å². The molecule has 9 heteroatoms. The number of benzene rings is 1. The van der Waals surface area contributed by atoms with Crippen LogP contribution in [0, 0.1) is 10.1 Å². The summed E-state index contributed by atoms with van der Waals surface area (Å²) in [4.78, 5) is 23.1. The number of nitro benzene ring substituents is 1. The Morgan fingerprint density at radius 1 is 1.27 bits per heavy atom. The van der Waals surface area contributed by atoms with Crippen LogP contribution < -0.4 is 4.72 Å². The van der Waals surface area contributed by atoms with Gasteiger partial charge in [0, 0.05) is 31.8 Å². The molecule has 0 aliphatic heterocycles. The largest absolute Gasteiger partial charge is 0.345 e. The monoisotopic (exact) mass is 329 g/mol. The molecule has 0 saturated heterocycles. The Balaban J connectivity index is 3.57. The third-order valence-electron chi connectivity index (χ3n) is 2.54. The molecule has 1 aromatic rings. The number of hydrogen-bond acceptors (Lipinski definition) is 5. The number of nitrogens with zero attached hydrogens (tertiary/aromatic N) is 2. The normalized spacial score (nSPS) is 12.0. The number of sulfonamides is 1. The van der Waals surface area contributed by atoms with Crippen molar-refractivity contribution in [2.45, 2.75) is 31.2 Å². The van der Waals surface area contributed by atoms with Crippen molar-refractivity contribution in [1.29, 1.82) is 0 Å². The van der Waals surface area contributed by atoms with E-state index in [1.165, 1.54) is 19.0 Å². The maximum Gasteiger partial charge on any atom is 0.270 e. The first-order valence-corrected chi connectivity index (χ1v) is 7.87. The van der Waals surface area contributed by atoms with Crippen LogP contribution in [-0.4, -0.2) is 43.8 Å². The van der Waals surface area contributed by atoms with Gasteiger partial charge in [0.1, 0.15) is 4.90 Å². The first-order chi connectivity index (χ1) is 9.85. The number of nitrogens with one attached hydrogen (secondary N) is 1. The molecule has 1 amide bonds. The maximum atomic E-state index is 12.5. The highest BCUT2D eigenvalue weighted by molar-refractivity contribution is 7.89. The van der Waals surface area contributed by atoms with Gasteiger partial charge in [0.25, 0.3) is 11.6 Å². The fraction of sp³-hybridized carbons (Fsp3) is 0.462. The molecule has 0 heterocycles. The van der Waals surface area contributed by atoms with E-state index in [-0.39, 0.29) is 5.56 Å².